The molecule has 0 bridgehead atoms. The normalized spacial score (nSPS) is 9.83. The van der Waals surface area contributed by atoms with E-state index in [1.807, 2.05) is 6.07 Å². The van der Waals surface area contributed by atoms with Crippen LogP contribution in [-0.4, -0.2) is 29.4 Å². The van der Waals surface area contributed by atoms with Crippen LogP contribution in [0, 0.1) is 0 Å². The molecule has 10 heteroatoms. The highest BCUT2D eigenvalue weighted by molar-refractivity contribution is 7.80. The van der Waals surface area contributed by atoms with Gasteiger partial charge >= 0.3 is 0 Å². The number of para-hydroxylation sites is 2. The summed E-state index contributed by atoms with van der Waals surface area (Å²) in [5.74, 6) is -0.775. The van der Waals surface area contributed by atoms with E-state index < -0.39 is 11.8 Å². The molecule has 0 radical (unpaired) electrons. The summed E-state index contributed by atoms with van der Waals surface area (Å²) in [5, 5.41) is 5.28. The number of carbonyl (C=O) groups is 3. The zero-order valence-corrected chi connectivity index (χ0v) is 16.8. The Bertz CT molecular complexity index is 880. The molecule has 0 atom stereocenters. The Labute approximate surface area is 177 Å². The van der Waals surface area contributed by atoms with Crippen molar-refractivity contribution in [3.8, 4) is 5.75 Å². The van der Waals surface area contributed by atoms with Crippen molar-refractivity contribution in [3.05, 3.63) is 59.6 Å². The SMILES string of the molecule is O=C(CCC(=O)Nc1ccccc1Cl)NNC(=S)NC(=O)COc1ccccc1. The van der Waals surface area contributed by atoms with E-state index in [4.69, 9.17) is 28.6 Å². The number of anilines is 1. The van der Waals surface area contributed by atoms with Crippen molar-refractivity contribution in [3.63, 3.8) is 0 Å². The lowest BCUT2D eigenvalue weighted by molar-refractivity contribution is -0.125. The molecule has 0 unspecified atom stereocenters. The molecule has 4 N–H and O–H groups in total. The van der Waals surface area contributed by atoms with E-state index in [0.29, 0.717) is 16.5 Å². The molecule has 2 aromatic carbocycles. The molecule has 0 aliphatic carbocycles. The maximum absolute atomic E-state index is 11.9. The average molecular weight is 435 g/mol. The van der Waals surface area contributed by atoms with Crippen LogP contribution in [0.2, 0.25) is 5.02 Å². The highest BCUT2D eigenvalue weighted by Gasteiger charge is 2.10. The fourth-order valence-electron chi connectivity index (χ4n) is 2.05. The first kappa shape index (κ1) is 22.1. The third kappa shape index (κ3) is 8.58. The Morgan fingerprint density at radius 1 is 0.862 bits per heavy atom. The van der Waals surface area contributed by atoms with Crippen molar-refractivity contribution in [1.29, 1.82) is 0 Å². The molecule has 0 aromatic heterocycles. The summed E-state index contributed by atoms with van der Waals surface area (Å²) in [6.45, 7) is -0.234. The maximum Gasteiger partial charge on any atom is 0.264 e. The van der Waals surface area contributed by atoms with Crippen molar-refractivity contribution < 1.29 is 19.1 Å². The van der Waals surface area contributed by atoms with Gasteiger partial charge in [-0.15, -0.1) is 0 Å². The van der Waals surface area contributed by atoms with E-state index in [0.717, 1.165) is 0 Å². The fourth-order valence-corrected chi connectivity index (χ4v) is 2.40. The van der Waals surface area contributed by atoms with E-state index in [9.17, 15) is 14.4 Å². The second-order valence-corrected chi connectivity index (χ2v) is 6.50. The lowest BCUT2D eigenvalue weighted by Crippen LogP contribution is -2.49. The van der Waals surface area contributed by atoms with Gasteiger partial charge < -0.3 is 10.1 Å². The molecule has 0 heterocycles. The number of benzene rings is 2. The molecule has 0 spiro atoms. The minimum atomic E-state index is -0.486. The quantitative estimate of drug-likeness (QED) is 0.393. The van der Waals surface area contributed by atoms with Crippen LogP contribution in [0.15, 0.2) is 54.6 Å². The number of hydrogen-bond donors (Lipinski definition) is 4. The predicted octanol–water partition coefficient (Wildman–Crippen LogP) is 2.16. The van der Waals surface area contributed by atoms with Gasteiger partial charge in [0.2, 0.25) is 11.8 Å². The standard InChI is InChI=1S/C19H19ClN4O4S/c20-14-8-4-5-9-15(14)21-16(25)10-11-17(26)23-24-19(29)22-18(27)12-28-13-6-2-1-3-7-13/h1-9H,10-12H2,(H,21,25)(H,23,26)(H2,22,24,27,29). The Balaban J connectivity index is 1.61. The molecule has 0 aliphatic heterocycles. The summed E-state index contributed by atoms with van der Waals surface area (Å²) in [6, 6.07) is 15.6. The zero-order valence-electron chi connectivity index (χ0n) is 15.2. The number of hydrazine groups is 1. The molecule has 8 nitrogen and oxygen atoms in total. The van der Waals surface area contributed by atoms with Gasteiger partial charge in [0.15, 0.2) is 11.7 Å². The Kier molecular flexibility index (Phi) is 8.87. The molecule has 0 saturated carbocycles. The molecule has 0 fully saturated rings. The topological polar surface area (TPSA) is 109 Å². The molecule has 152 valence electrons. The third-order valence-electron chi connectivity index (χ3n) is 3.41. The first-order valence-corrected chi connectivity index (χ1v) is 9.33. The molecule has 0 aliphatic rings. The number of thiocarbonyl (C=S) groups is 1. The van der Waals surface area contributed by atoms with Crippen LogP contribution in [0.4, 0.5) is 5.69 Å². The van der Waals surface area contributed by atoms with Gasteiger partial charge in [-0.05, 0) is 36.5 Å². The molecular formula is C19H19ClN4O4S. The first-order valence-electron chi connectivity index (χ1n) is 8.55. The minimum absolute atomic E-state index is 0.0528. The highest BCUT2D eigenvalue weighted by Crippen LogP contribution is 2.20. The minimum Gasteiger partial charge on any atom is -0.484 e. The molecule has 29 heavy (non-hydrogen) atoms. The summed E-state index contributed by atoms with van der Waals surface area (Å²) in [6.07, 6.45) is -0.139. The number of ether oxygens (including phenoxy) is 1. The number of halogens is 1. The van der Waals surface area contributed by atoms with Crippen molar-refractivity contribution in [2.45, 2.75) is 12.8 Å². The van der Waals surface area contributed by atoms with Crippen LogP contribution >= 0.6 is 23.8 Å². The number of carbonyl (C=O) groups excluding carboxylic acids is 3. The molecule has 3 amide bonds. The van der Waals surface area contributed by atoms with E-state index >= 15 is 0 Å². The van der Waals surface area contributed by atoms with Gasteiger partial charge in [-0.25, -0.2) is 0 Å². The monoisotopic (exact) mass is 434 g/mol. The van der Waals surface area contributed by atoms with Gasteiger partial charge in [-0.2, -0.15) is 0 Å². The van der Waals surface area contributed by atoms with Crippen LogP contribution in [-0.2, 0) is 14.4 Å². The Hall–Kier alpha value is -3.17. The third-order valence-corrected chi connectivity index (χ3v) is 3.94. The number of amides is 3. The van der Waals surface area contributed by atoms with Crippen molar-refractivity contribution in [1.82, 2.24) is 16.2 Å². The molecule has 2 aromatic rings. The summed E-state index contributed by atoms with van der Waals surface area (Å²) in [4.78, 5) is 35.4. The van der Waals surface area contributed by atoms with Crippen molar-refractivity contribution in [2.24, 2.45) is 0 Å². The van der Waals surface area contributed by atoms with Gasteiger partial charge in [0, 0.05) is 12.8 Å². The summed E-state index contributed by atoms with van der Waals surface area (Å²) >= 11 is 10.9. The lowest BCUT2D eigenvalue weighted by atomic mass is 10.2. The predicted molar refractivity (Wildman–Crippen MR) is 113 cm³/mol. The Morgan fingerprint density at radius 3 is 2.24 bits per heavy atom. The summed E-state index contributed by atoms with van der Waals surface area (Å²) < 4.78 is 5.28. The van der Waals surface area contributed by atoms with Crippen LogP contribution in [0.5, 0.6) is 5.75 Å². The van der Waals surface area contributed by atoms with Crippen molar-refractivity contribution >= 4 is 52.3 Å². The summed E-state index contributed by atoms with van der Waals surface area (Å²) in [5.41, 5.74) is 5.16. The molecule has 0 saturated heterocycles. The zero-order chi connectivity index (χ0) is 21.1. The van der Waals surface area contributed by atoms with Crippen molar-refractivity contribution in [2.75, 3.05) is 11.9 Å². The summed E-state index contributed by atoms with van der Waals surface area (Å²) in [7, 11) is 0. The Morgan fingerprint density at radius 2 is 1.52 bits per heavy atom. The molecule has 2 rings (SSSR count). The highest BCUT2D eigenvalue weighted by atomic mass is 35.5. The number of nitrogens with one attached hydrogen (secondary N) is 4. The number of rotatable bonds is 7. The van der Waals surface area contributed by atoms with Gasteiger partial charge in [-0.1, -0.05) is 41.9 Å². The van der Waals surface area contributed by atoms with Crippen LogP contribution in [0.3, 0.4) is 0 Å². The van der Waals surface area contributed by atoms with Crippen LogP contribution < -0.4 is 26.2 Å². The van der Waals surface area contributed by atoms with E-state index in [2.05, 4.69) is 21.5 Å². The largest absolute Gasteiger partial charge is 0.484 e. The first-order chi connectivity index (χ1) is 13.9. The van der Waals surface area contributed by atoms with Gasteiger partial charge in [0.25, 0.3) is 5.91 Å². The van der Waals surface area contributed by atoms with Gasteiger partial charge in [-0.3, -0.25) is 30.6 Å². The lowest BCUT2D eigenvalue weighted by Gasteiger charge is -2.11. The van der Waals surface area contributed by atoms with Gasteiger partial charge in [0.05, 0.1) is 10.7 Å². The van der Waals surface area contributed by atoms with Gasteiger partial charge in [0.1, 0.15) is 5.75 Å². The van der Waals surface area contributed by atoms with Crippen LogP contribution in [0.1, 0.15) is 12.8 Å². The smallest absolute Gasteiger partial charge is 0.264 e. The van der Waals surface area contributed by atoms with E-state index in [-0.39, 0.29) is 30.5 Å². The second kappa shape index (κ2) is 11.6. The van der Waals surface area contributed by atoms with E-state index in [1.54, 1.807) is 48.5 Å². The molecular weight excluding hydrogens is 416 g/mol. The average Bonchev–Trinajstić information content (AvgIpc) is 2.71. The van der Waals surface area contributed by atoms with Crippen LogP contribution in [0.25, 0.3) is 0 Å². The fraction of sp³-hybridized carbons (Fsp3) is 0.158. The van der Waals surface area contributed by atoms with E-state index in [1.165, 1.54) is 0 Å². The second-order valence-electron chi connectivity index (χ2n) is 5.68. The maximum atomic E-state index is 11.9. The number of hydrogen-bond acceptors (Lipinski definition) is 5.